The van der Waals surface area contributed by atoms with E-state index in [4.69, 9.17) is 17.0 Å². The fourth-order valence-corrected chi connectivity index (χ4v) is 4.42. The van der Waals surface area contributed by atoms with Gasteiger partial charge < -0.3 is 15.4 Å². The number of aromatic nitrogens is 2. The lowest BCUT2D eigenvalue weighted by Crippen LogP contribution is -2.21. The molecule has 1 aromatic carbocycles. The van der Waals surface area contributed by atoms with Crippen LogP contribution in [0.25, 0.3) is 0 Å². The highest BCUT2D eigenvalue weighted by Gasteiger charge is 2.21. The molecule has 29 heavy (non-hydrogen) atoms. The van der Waals surface area contributed by atoms with Crippen molar-refractivity contribution in [2.45, 2.75) is 34.2 Å². The van der Waals surface area contributed by atoms with Gasteiger partial charge in [0.2, 0.25) is 0 Å². The number of esters is 1. The summed E-state index contributed by atoms with van der Waals surface area (Å²) in [6.07, 6.45) is 0. The van der Waals surface area contributed by atoms with E-state index < -0.39 is 0 Å². The number of benzene rings is 1. The average molecular weight is 429 g/mol. The third-order valence-electron chi connectivity index (χ3n) is 4.80. The number of anilines is 2. The van der Waals surface area contributed by atoms with Gasteiger partial charge in [-0.3, -0.25) is 4.68 Å². The van der Waals surface area contributed by atoms with Crippen molar-refractivity contribution < 1.29 is 9.53 Å². The number of aryl methyl sites for hydroxylation is 2. The van der Waals surface area contributed by atoms with Gasteiger partial charge in [-0.1, -0.05) is 30.3 Å². The standard InChI is InChI=1S/C21H24N4O2S2/c1-12-15(4)29-19(17(12)20(26)27-5)23-21(28)22-18-13(2)24-25(14(18)3)11-16-9-7-6-8-10-16/h6-10H,11H2,1-5H3,(H2,22,23,28). The molecule has 0 atom stereocenters. The van der Waals surface area contributed by atoms with E-state index in [0.29, 0.717) is 22.2 Å². The van der Waals surface area contributed by atoms with Gasteiger partial charge in [0.05, 0.1) is 36.3 Å². The molecule has 0 spiro atoms. The van der Waals surface area contributed by atoms with Crippen LogP contribution in [0, 0.1) is 27.7 Å². The van der Waals surface area contributed by atoms with Gasteiger partial charge in [-0.2, -0.15) is 5.10 Å². The number of rotatable bonds is 5. The first kappa shape index (κ1) is 21.0. The van der Waals surface area contributed by atoms with Crippen molar-refractivity contribution >= 4 is 45.3 Å². The van der Waals surface area contributed by atoms with Gasteiger partial charge in [0, 0.05) is 4.88 Å². The molecule has 3 rings (SSSR count). The quantitative estimate of drug-likeness (QED) is 0.448. The van der Waals surface area contributed by atoms with Crippen molar-refractivity contribution in [3.05, 3.63) is 63.3 Å². The van der Waals surface area contributed by atoms with E-state index in [1.54, 1.807) is 0 Å². The van der Waals surface area contributed by atoms with Crippen LogP contribution in [-0.2, 0) is 11.3 Å². The maximum absolute atomic E-state index is 12.2. The zero-order valence-electron chi connectivity index (χ0n) is 17.1. The van der Waals surface area contributed by atoms with Crippen molar-refractivity contribution in [1.82, 2.24) is 9.78 Å². The smallest absolute Gasteiger partial charge is 0.341 e. The van der Waals surface area contributed by atoms with Crippen LogP contribution in [0.1, 0.15) is 37.7 Å². The Hall–Kier alpha value is -2.71. The number of thiocarbonyl (C=S) groups is 1. The minimum atomic E-state index is -0.375. The predicted octanol–water partition coefficient (Wildman–Crippen LogP) is 4.82. The summed E-state index contributed by atoms with van der Waals surface area (Å²) in [5.74, 6) is -0.375. The predicted molar refractivity (Wildman–Crippen MR) is 122 cm³/mol. The SMILES string of the molecule is COC(=O)c1c(NC(=S)Nc2c(C)nn(Cc3ccccc3)c2C)sc(C)c1C. The Balaban J connectivity index is 1.78. The molecule has 2 N–H and O–H groups in total. The van der Waals surface area contributed by atoms with Crippen LogP contribution in [0.3, 0.4) is 0 Å². The van der Waals surface area contributed by atoms with Gasteiger partial charge >= 0.3 is 5.97 Å². The first-order valence-corrected chi connectivity index (χ1v) is 10.4. The molecule has 0 unspecified atom stereocenters. The lowest BCUT2D eigenvalue weighted by atomic mass is 10.1. The number of thiophene rings is 1. The molecule has 0 aliphatic rings. The van der Waals surface area contributed by atoms with E-state index in [1.807, 2.05) is 50.6 Å². The Morgan fingerprint density at radius 2 is 1.86 bits per heavy atom. The molecular formula is C21H24N4O2S2. The van der Waals surface area contributed by atoms with E-state index in [2.05, 4.69) is 27.9 Å². The van der Waals surface area contributed by atoms with Crippen LogP contribution in [0.15, 0.2) is 30.3 Å². The highest BCUT2D eigenvalue weighted by molar-refractivity contribution is 7.80. The fourth-order valence-electron chi connectivity index (χ4n) is 3.10. The number of ether oxygens (including phenoxy) is 1. The van der Waals surface area contributed by atoms with Gasteiger partial charge in [0.15, 0.2) is 5.11 Å². The largest absolute Gasteiger partial charge is 0.465 e. The zero-order chi connectivity index (χ0) is 21.1. The van der Waals surface area contributed by atoms with E-state index >= 15 is 0 Å². The minimum Gasteiger partial charge on any atom is -0.465 e. The van der Waals surface area contributed by atoms with E-state index in [1.165, 1.54) is 24.0 Å². The molecule has 6 nitrogen and oxygen atoms in total. The van der Waals surface area contributed by atoms with Gasteiger partial charge in [0.25, 0.3) is 0 Å². The molecule has 0 saturated heterocycles. The molecule has 0 radical (unpaired) electrons. The minimum absolute atomic E-state index is 0.375. The summed E-state index contributed by atoms with van der Waals surface area (Å²) in [6, 6.07) is 10.2. The first-order valence-electron chi connectivity index (χ1n) is 9.16. The van der Waals surface area contributed by atoms with Crippen LogP contribution < -0.4 is 10.6 Å². The third-order valence-corrected chi connectivity index (χ3v) is 6.12. The normalized spacial score (nSPS) is 10.7. The topological polar surface area (TPSA) is 68.2 Å². The summed E-state index contributed by atoms with van der Waals surface area (Å²) in [5.41, 5.74) is 5.31. The highest BCUT2D eigenvalue weighted by atomic mass is 32.1. The maximum atomic E-state index is 12.2. The number of hydrogen-bond acceptors (Lipinski definition) is 5. The van der Waals surface area contributed by atoms with Crippen molar-refractivity contribution in [2.24, 2.45) is 0 Å². The molecule has 8 heteroatoms. The molecule has 0 saturated carbocycles. The number of methoxy groups -OCH3 is 1. The van der Waals surface area contributed by atoms with Crippen LogP contribution in [-0.4, -0.2) is 28.0 Å². The molecule has 0 fully saturated rings. The molecule has 0 bridgehead atoms. The van der Waals surface area contributed by atoms with Gasteiger partial charge in [-0.15, -0.1) is 11.3 Å². The van der Waals surface area contributed by atoms with Crippen LogP contribution in [0.4, 0.5) is 10.7 Å². The maximum Gasteiger partial charge on any atom is 0.341 e. The summed E-state index contributed by atoms with van der Waals surface area (Å²) < 4.78 is 6.87. The molecule has 152 valence electrons. The molecule has 2 heterocycles. The van der Waals surface area contributed by atoms with E-state index in [9.17, 15) is 4.79 Å². The number of nitrogens with zero attached hydrogens (tertiary/aromatic N) is 2. The van der Waals surface area contributed by atoms with Gasteiger partial charge in [0.1, 0.15) is 5.00 Å². The molecule has 0 aliphatic carbocycles. The summed E-state index contributed by atoms with van der Waals surface area (Å²) in [4.78, 5) is 13.2. The number of nitrogens with one attached hydrogen (secondary N) is 2. The summed E-state index contributed by atoms with van der Waals surface area (Å²) >= 11 is 6.99. The fraction of sp³-hybridized carbons (Fsp3) is 0.286. The van der Waals surface area contributed by atoms with Gasteiger partial charge in [-0.25, -0.2) is 4.79 Å². The second kappa shape index (κ2) is 8.75. The second-order valence-corrected chi connectivity index (χ2v) is 8.38. The zero-order valence-corrected chi connectivity index (χ0v) is 18.8. The molecule has 0 aliphatic heterocycles. The Labute approximate surface area is 179 Å². The van der Waals surface area contributed by atoms with Crippen molar-refractivity contribution in [2.75, 3.05) is 17.7 Å². The van der Waals surface area contributed by atoms with E-state index in [-0.39, 0.29) is 5.97 Å². The second-order valence-electron chi connectivity index (χ2n) is 6.75. The monoisotopic (exact) mass is 428 g/mol. The summed E-state index contributed by atoms with van der Waals surface area (Å²) in [5, 5.41) is 12.1. The Bertz CT molecular complexity index is 1050. The lowest BCUT2D eigenvalue weighted by Gasteiger charge is -2.11. The van der Waals surface area contributed by atoms with Gasteiger partial charge in [-0.05, 0) is 51.0 Å². The number of hydrogen-bond donors (Lipinski definition) is 2. The Kier molecular flexibility index (Phi) is 6.34. The lowest BCUT2D eigenvalue weighted by molar-refractivity contribution is 0.0601. The van der Waals surface area contributed by atoms with Crippen molar-refractivity contribution in [1.29, 1.82) is 0 Å². The number of carbonyl (C=O) groups is 1. The van der Waals surface area contributed by atoms with E-state index in [0.717, 1.165) is 27.5 Å². The summed E-state index contributed by atoms with van der Waals surface area (Å²) in [7, 11) is 1.38. The Morgan fingerprint density at radius 1 is 1.17 bits per heavy atom. The van der Waals surface area contributed by atoms with Crippen LogP contribution in [0.5, 0.6) is 0 Å². The van der Waals surface area contributed by atoms with Crippen molar-refractivity contribution in [3.63, 3.8) is 0 Å². The Morgan fingerprint density at radius 3 is 2.52 bits per heavy atom. The van der Waals surface area contributed by atoms with Crippen LogP contribution >= 0.6 is 23.6 Å². The van der Waals surface area contributed by atoms with Crippen LogP contribution in [0.2, 0.25) is 0 Å². The summed E-state index contributed by atoms with van der Waals surface area (Å²) in [6.45, 7) is 8.51. The van der Waals surface area contributed by atoms with Crippen molar-refractivity contribution in [3.8, 4) is 0 Å². The highest BCUT2D eigenvalue weighted by Crippen LogP contribution is 2.33. The third kappa shape index (κ3) is 4.49. The molecule has 2 aromatic heterocycles. The molecular weight excluding hydrogens is 404 g/mol. The average Bonchev–Trinajstić information content (AvgIpc) is 3.11. The first-order chi connectivity index (χ1) is 13.8. The molecule has 3 aromatic rings. The molecule has 0 amide bonds. The number of carbonyl (C=O) groups excluding carboxylic acids is 1.